The minimum Gasteiger partial charge on any atom is -0.396 e. The van der Waals surface area contributed by atoms with Crippen molar-refractivity contribution in [1.82, 2.24) is 0 Å². The second-order valence-electron chi connectivity index (χ2n) is 5.34. The molecule has 0 amide bonds. The summed E-state index contributed by atoms with van der Waals surface area (Å²) in [5, 5.41) is 8.63. The van der Waals surface area contributed by atoms with E-state index in [2.05, 4.69) is 30.3 Å². The summed E-state index contributed by atoms with van der Waals surface area (Å²) < 4.78 is 0. The number of aliphatic hydroxyl groups is 1. The molecule has 0 rings (SSSR count). The van der Waals surface area contributed by atoms with E-state index in [9.17, 15) is 0 Å². The second-order valence-corrected chi connectivity index (χ2v) is 5.34. The summed E-state index contributed by atoms with van der Waals surface area (Å²) in [5.41, 5.74) is 0. The molecule has 0 spiro atoms. The van der Waals surface area contributed by atoms with Crippen molar-refractivity contribution in [3.8, 4) is 23.7 Å². The zero-order valence-electron chi connectivity index (χ0n) is 13.6. The highest BCUT2D eigenvalue weighted by Crippen LogP contribution is 2.06. The molecule has 0 aromatic carbocycles. The van der Waals surface area contributed by atoms with Crippen LogP contribution in [0.2, 0.25) is 0 Å². The molecule has 0 aromatic rings. The summed E-state index contributed by atoms with van der Waals surface area (Å²) in [6.07, 6.45) is 16.5. The molecule has 1 heteroatoms. The predicted octanol–water partition coefficient (Wildman–Crippen LogP) is 5.24. The molecule has 21 heavy (non-hydrogen) atoms. The molecular weight excluding hydrogens is 256 g/mol. The van der Waals surface area contributed by atoms with Gasteiger partial charge in [-0.25, -0.2) is 0 Å². The summed E-state index contributed by atoms with van der Waals surface area (Å²) in [4.78, 5) is 0. The first-order chi connectivity index (χ1) is 10.4. The maximum atomic E-state index is 8.63. The van der Waals surface area contributed by atoms with Gasteiger partial charge in [0.15, 0.2) is 0 Å². The zero-order chi connectivity index (χ0) is 15.4. The molecule has 0 aliphatic carbocycles. The van der Waals surface area contributed by atoms with E-state index >= 15 is 0 Å². The highest BCUT2D eigenvalue weighted by Gasteiger charge is 1.89. The van der Waals surface area contributed by atoms with E-state index in [-0.39, 0.29) is 0 Å². The topological polar surface area (TPSA) is 20.2 Å². The first kappa shape index (κ1) is 19.8. The highest BCUT2D eigenvalue weighted by atomic mass is 16.2. The summed E-state index contributed by atoms with van der Waals surface area (Å²) in [7, 11) is 0. The molecule has 1 N–H and O–H groups in total. The molecular formula is C20H32O. The van der Waals surface area contributed by atoms with Gasteiger partial charge in [0.2, 0.25) is 0 Å². The van der Waals surface area contributed by atoms with Gasteiger partial charge >= 0.3 is 0 Å². The largest absolute Gasteiger partial charge is 0.396 e. The SMILES string of the molecule is C=CCCCC#CCCCCCCCC#CCCCCO. The zero-order valence-corrected chi connectivity index (χ0v) is 13.6. The summed E-state index contributed by atoms with van der Waals surface area (Å²) in [6.45, 7) is 4.00. The Morgan fingerprint density at radius 3 is 1.52 bits per heavy atom. The van der Waals surface area contributed by atoms with Crippen molar-refractivity contribution >= 4 is 0 Å². The van der Waals surface area contributed by atoms with Crippen LogP contribution in [0.4, 0.5) is 0 Å². The van der Waals surface area contributed by atoms with Gasteiger partial charge in [0.25, 0.3) is 0 Å². The van der Waals surface area contributed by atoms with E-state index in [0.717, 1.165) is 51.4 Å². The van der Waals surface area contributed by atoms with Crippen molar-refractivity contribution in [2.45, 2.75) is 83.5 Å². The van der Waals surface area contributed by atoms with Crippen molar-refractivity contribution in [3.63, 3.8) is 0 Å². The molecule has 0 atom stereocenters. The Bertz CT molecular complexity index is 334. The Kier molecular flexibility index (Phi) is 17.8. The predicted molar refractivity (Wildman–Crippen MR) is 92.9 cm³/mol. The standard InChI is InChI=1S/C20H32O/c1-2-3-4-5-6-7-8-9-10-11-12-13-14-15-16-17-18-19-20-21/h2,21H,1,3-5,8-14,17-20H2. The number of allylic oxidation sites excluding steroid dienone is 1. The molecule has 118 valence electrons. The fourth-order valence-corrected chi connectivity index (χ4v) is 1.97. The van der Waals surface area contributed by atoms with Crippen LogP contribution in [0.15, 0.2) is 12.7 Å². The van der Waals surface area contributed by atoms with Gasteiger partial charge in [0.1, 0.15) is 0 Å². The van der Waals surface area contributed by atoms with Crippen LogP contribution >= 0.6 is 0 Å². The maximum absolute atomic E-state index is 8.63. The van der Waals surface area contributed by atoms with Crippen LogP contribution < -0.4 is 0 Å². The van der Waals surface area contributed by atoms with Gasteiger partial charge in [-0.3, -0.25) is 0 Å². The first-order valence-corrected chi connectivity index (χ1v) is 8.55. The third-order valence-electron chi connectivity index (χ3n) is 3.27. The smallest absolute Gasteiger partial charge is 0.0431 e. The van der Waals surface area contributed by atoms with Crippen LogP contribution in [0, 0.1) is 23.7 Å². The van der Waals surface area contributed by atoms with Gasteiger partial charge < -0.3 is 5.11 Å². The van der Waals surface area contributed by atoms with Crippen LogP contribution in [0.1, 0.15) is 83.5 Å². The Hall–Kier alpha value is -1.18. The lowest BCUT2D eigenvalue weighted by Crippen LogP contribution is -1.81. The van der Waals surface area contributed by atoms with Gasteiger partial charge in [-0.15, -0.1) is 30.3 Å². The average Bonchev–Trinajstić information content (AvgIpc) is 2.50. The van der Waals surface area contributed by atoms with Crippen LogP contribution in [-0.2, 0) is 0 Å². The van der Waals surface area contributed by atoms with Crippen molar-refractivity contribution in [2.24, 2.45) is 0 Å². The second kappa shape index (κ2) is 18.8. The third-order valence-corrected chi connectivity index (χ3v) is 3.27. The summed E-state index contributed by atoms with van der Waals surface area (Å²) in [6, 6.07) is 0. The monoisotopic (exact) mass is 288 g/mol. The van der Waals surface area contributed by atoms with Gasteiger partial charge in [0.05, 0.1) is 0 Å². The maximum Gasteiger partial charge on any atom is 0.0431 e. The Morgan fingerprint density at radius 1 is 0.619 bits per heavy atom. The number of rotatable bonds is 12. The number of hydrogen-bond acceptors (Lipinski definition) is 1. The summed E-state index contributed by atoms with van der Waals surface area (Å²) in [5.74, 6) is 12.9. The fourth-order valence-electron chi connectivity index (χ4n) is 1.97. The van der Waals surface area contributed by atoms with Gasteiger partial charge in [-0.05, 0) is 38.5 Å². The molecule has 0 saturated heterocycles. The molecule has 0 fully saturated rings. The molecule has 1 nitrogen and oxygen atoms in total. The average molecular weight is 288 g/mol. The molecule has 0 bridgehead atoms. The van der Waals surface area contributed by atoms with E-state index in [0.29, 0.717) is 6.61 Å². The lowest BCUT2D eigenvalue weighted by Gasteiger charge is -1.96. The summed E-state index contributed by atoms with van der Waals surface area (Å²) >= 11 is 0. The van der Waals surface area contributed by atoms with Gasteiger partial charge in [0, 0.05) is 32.3 Å². The fraction of sp³-hybridized carbons (Fsp3) is 0.700. The van der Waals surface area contributed by atoms with E-state index < -0.39 is 0 Å². The van der Waals surface area contributed by atoms with Crippen molar-refractivity contribution < 1.29 is 5.11 Å². The quantitative estimate of drug-likeness (QED) is 0.296. The van der Waals surface area contributed by atoms with Crippen molar-refractivity contribution in [1.29, 1.82) is 0 Å². The van der Waals surface area contributed by atoms with Crippen molar-refractivity contribution in [3.05, 3.63) is 12.7 Å². The normalized spacial score (nSPS) is 9.38. The Morgan fingerprint density at radius 2 is 1.05 bits per heavy atom. The molecule has 0 heterocycles. The number of hydrogen-bond donors (Lipinski definition) is 1. The third kappa shape index (κ3) is 18.8. The minimum atomic E-state index is 0.293. The minimum absolute atomic E-state index is 0.293. The van der Waals surface area contributed by atoms with Crippen LogP contribution in [-0.4, -0.2) is 11.7 Å². The highest BCUT2D eigenvalue weighted by molar-refractivity contribution is 4.99. The van der Waals surface area contributed by atoms with Gasteiger partial charge in [-0.1, -0.05) is 25.3 Å². The van der Waals surface area contributed by atoms with E-state index in [1.807, 2.05) is 6.08 Å². The number of aliphatic hydroxyl groups excluding tert-OH is 1. The van der Waals surface area contributed by atoms with E-state index in [1.165, 1.54) is 32.1 Å². The Balaban J connectivity index is 3.16. The lowest BCUT2D eigenvalue weighted by molar-refractivity contribution is 0.285. The molecule has 0 aliphatic rings. The Labute approximate surface area is 132 Å². The van der Waals surface area contributed by atoms with Crippen LogP contribution in [0.25, 0.3) is 0 Å². The van der Waals surface area contributed by atoms with Crippen LogP contribution in [0.3, 0.4) is 0 Å². The molecule has 0 saturated carbocycles. The molecule has 0 unspecified atom stereocenters. The van der Waals surface area contributed by atoms with Crippen molar-refractivity contribution in [2.75, 3.05) is 6.61 Å². The molecule has 0 aliphatic heterocycles. The molecule has 0 aromatic heterocycles. The van der Waals surface area contributed by atoms with Gasteiger partial charge in [-0.2, -0.15) is 0 Å². The van der Waals surface area contributed by atoms with Crippen LogP contribution in [0.5, 0.6) is 0 Å². The molecule has 0 radical (unpaired) electrons. The van der Waals surface area contributed by atoms with E-state index in [4.69, 9.17) is 5.11 Å². The van der Waals surface area contributed by atoms with E-state index in [1.54, 1.807) is 0 Å². The number of unbranched alkanes of at least 4 members (excludes halogenated alkanes) is 10. The first-order valence-electron chi connectivity index (χ1n) is 8.55. The lowest BCUT2D eigenvalue weighted by atomic mass is 10.1.